The first kappa shape index (κ1) is 13.3. The summed E-state index contributed by atoms with van der Waals surface area (Å²) in [6, 6.07) is 9.77. The van der Waals surface area contributed by atoms with Gasteiger partial charge in [0.15, 0.2) is 0 Å². The summed E-state index contributed by atoms with van der Waals surface area (Å²) >= 11 is 0. The monoisotopic (exact) mass is 273 g/mol. The van der Waals surface area contributed by atoms with Crippen LogP contribution in [0.2, 0.25) is 0 Å². The lowest BCUT2D eigenvalue weighted by Gasteiger charge is -2.17. The summed E-state index contributed by atoms with van der Waals surface area (Å²) in [5.74, 6) is 1.08. The van der Waals surface area contributed by atoms with Crippen LogP contribution in [-0.2, 0) is 16.8 Å². The topological polar surface area (TPSA) is 74.2 Å². The number of benzene rings is 1. The molecule has 2 atom stereocenters. The van der Waals surface area contributed by atoms with E-state index in [2.05, 4.69) is 10.1 Å². The molecular weight excluding hydrogens is 254 g/mol. The quantitative estimate of drug-likeness (QED) is 0.925. The maximum Gasteiger partial charge on any atom is 0.244 e. The minimum Gasteiger partial charge on any atom is -0.367 e. The standard InChI is InChI=1S/C15H19N3O2/c1-15(8-5-9-19-15)14-17-13(20-18-14)12(16)10-11-6-3-2-4-7-11/h2-4,6-7,12H,5,8-10,16H2,1H3. The molecule has 1 saturated heterocycles. The minimum atomic E-state index is -0.422. The summed E-state index contributed by atoms with van der Waals surface area (Å²) in [5.41, 5.74) is 6.88. The lowest BCUT2D eigenvalue weighted by molar-refractivity contribution is 0.00768. The molecular formula is C15H19N3O2. The van der Waals surface area contributed by atoms with Crippen molar-refractivity contribution in [2.45, 2.75) is 37.8 Å². The molecule has 1 aromatic carbocycles. The number of aromatic nitrogens is 2. The maximum atomic E-state index is 6.15. The molecule has 20 heavy (non-hydrogen) atoms. The van der Waals surface area contributed by atoms with Gasteiger partial charge in [-0.15, -0.1) is 0 Å². The first-order valence-electron chi connectivity index (χ1n) is 6.95. The van der Waals surface area contributed by atoms with E-state index in [1.807, 2.05) is 37.3 Å². The van der Waals surface area contributed by atoms with Crippen molar-refractivity contribution >= 4 is 0 Å². The average molecular weight is 273 g/mol. The molecule has 0 bridgehead atoms. The van der Waals surface area contributed by atoms with Gasteiger partial charge < -0.3 is 15.0 Å². The lowest BCUT2D eigenvalue weighted by atomic mass is 10.0. The molecule has 0 aliphatic carbocycles. The van der Waals surface area contributed by atoms with Crippen LogP contribution in [0, 0.1) is 0 Å². The van der Waals surface area contributed by atoms with Crippen LogP contribution in [0.1, 0.15) is 43.1 Å². The Hall–Kier alpha value is -1.72. The van der Waals surface area contributed by atoms with Gasteiger partial charge in [-0.1, -0.05) is 35.5 Å². The van der Waals surface area contributed by atoms with E-state index in [0.29, 0.717) is 18.1 Å². The van der Waals surface area contributed by atoms with Gasteiger partial charge in [0.25, 0.3) is 0 Å². The van der Waals surface area contributed by atoms with E-state index >= 15 is 0 Å². The molecule has 1 aromatic heterocycles. The molecule has 2 unspecified atom stereocenters. The maximum absolute atomic E-state index is 6.15. The highest BCUT2D eigenvalue weighted by Gasteiger charge is 2.37. The van der Waals surface area contributed by atoms with Crippen LogP contribution < -0.4 is 5.73 Å². The Morgan fingerprint density at radius 1 is 1.35 bits per heavy atom. The third-order valence-corrected chi connectivity index (χ3v) is 3.75. The van der Waals surface area contributed by atoms with Crippen molar-refractivity contribution in [1.82, 2.24) is 10.1 Å². The van der Waals surface area contributed by atoms with Crippen LogP contribution in [0.3, 0.4) is 0 Å². The molecule has 0 amide bonds. The predicted octanol–water partition coefficient (Wildman–Crippen LogP) is 2.34. The Bertz CT molecular complexity index is 562. The van der Waals surface area contributed by atoms with Crippen molar-refractivity contribution in [3.8, 4) is 0 Å². The number of nitrogens with two attached hydrogens (primary N) is 1. The third kappa shape index (κ3) is 2.59. The summed E-state index contributed by atoms with van der Waals surface area (Å²) in [6.45, 7) is 2.74. The zero-order valence-corrected chi connectivity index (χ0v) is 11.6. The molecule has 1 aliphatic heterocycles. The van der Waals surface area contributed by atoms with Crippen LogP contribution in [-0.4, -0.2) is 16.7 Å². The molecule has 0 spiro atoms. The molecule has 0 radical (unpaired) electrons. The Balaban J connectivity index is 1.73. The van der Waals surface area contributed by atoms with Gasteiger partial charge in [0.1, 0.15) is 5.60 Å². The van der Waals surface area contributed by atoms with Gasteiger partial charge in [0.2, 0.25) is 11.7 Å². The lowest BCUT2D eigenvalue weighted by Crippen LogP contribution is -2.22. The second-order valence-corrected chi connectivity index (χ2v) is 5.44. The minimum absolute atomic E-state index is 0.288. The zero-order chi connectivity index (χ0) is 14.0. The number of hydrogen-bond acceptors (Lipinski definition) is 5. The Kier molecular flexibility index (Phi) is 3.54. The highest BCUT2D eigenvalue weighted by atomic mass is 16.5. The summed E-state index contributed by atoms with van der Waals surface area (Å²) in [7, 11) is 0. The van der Waals surface area contributed by atoms with Crippen LogP contribution in [0.4, 0.5) is 0 Å². The summed E-state index contributed by atoms with van der Waals surface area (Å²) in [5, 5.41) is 4.04. The average Bonchev–Trinajstić information content (AvgIpc) is 3.09. The second-order valence-electron chi connectivity index (χ2n) is 5.44. The van der Waals surface area contributed by atoms with Crippen molar-refractivity contribution in [3.05, 3.63) is 47.6 Å². The molecule has 5 nitrogen and oxygen atoms in total. The van der Waals surface area contributed by atoms with Gasteiger partial charge in [-0.25, -0.2) is 0 Å². The van der Waals surface area contributed by atoms with Gasteiger partial charge in [0, 0.05) is 6.61 Å². The molecule has 106 valence electrons. The molecule has 3 rings (SSSR count). The number of rotatable bonds is 4. The zero-order valence-electron chi connectivity index (χ0n) is 11.6. The number of ether oxygens (including phenoxy) is 1. The van der Waals surface area contributed by atoms with E-state index in [9.17, 15) is 0 Å². The summed E-state index contributed by atoms with van der Waals surface area (Å²) in [4.78, 5) is 4.43. The van der Waals surface area contributed by atoms with Gasteiger partial charge in [-0.3, -0.25) is 0 Å². The fraction of sp³-hybridized carbons (Fsp3) is 0.467. The van der Waals surface area contributed by atoms with Crippen molar-refractivity contribution < 1.29 is 9.26 Å². The highest BCUT2D eigenvalue weighted by Crippen LogP contribution is 2.34. The van der Waals surface area contributed by atoms with E-state index in [1.165, 1.54) is 0 Å². The Morgan fingerprint density at radius 3 is 2.85 bits per heavy atom. The van der Waals surface area contributed by atoms with Crippen molar-refractivity contribution in [2.24, 2.45) is 5.73 Å². The predicted molar refractivity (Wildman–Crippen MR) is 73.9 cm³/mol. The van der Waals surface area contributed by atoms with Crippen molar-refractivity contribution in [3.63, 3.8) is 0 Å². The van der Waals surface area contributed by atoms with E-state index in [-0.39, 0.29) is 6.04 Å². The van der Waals surface area contributed by atoms with Crippen LogP contribution in [0.15, 0.2) is 34.9 Å². The van der Waals surface area contributed by atoms with Crippen LogP contribution >= 0.6 is 0 Å². The van der Waals surface area contributed by atoms with E-state index in [1.54, 1.807) is 0 Å². The normalized spacial score (nSPS) is 23.9. The van der Waals surface area contributed by atoms with Crippen LogP contribution in [0.5, 0.6) is 0 Å². The van der Waals surface area contributed by atoms with E-state index in [4.69, 9.17) is 15.0 Å². The van der Waals surface area contributed by atoms with Gasteiger partial charge in [-0.05, 0) is 31.7 Å². The van der Waals surface area contributed by atoms with Gasteiger partial charge >= 0.3 is 0 Å². The van der Waals surface area contributed by atoms with E-state index < -0.39 is 5.60 Å². The third-order valence-electron chi connectivity index (χ3n) is 3.75. The SMILES string of the molecule is CC1(c2noc(C(N)Cc3ccccc3)n2)CCCO1. The van der Waals surface area contributed by atoms with Crippen molar-refractivity contribution in [2.75, 3.05) is 6.61 Å². The first-order chi connectivity index (χ1) is 9.67. The fourth-order valence-corrected chi connectivity index (χ4v) is 2.51. The van der Waals surface area contributed by atoms with E-state index in [0.717, 1.165) is 25.0 Å². The van der Waals surface area contributed by atoms with Crippen molar-refractivity contribution in [1.29, 1.82) is 0 Å². The molecule has 2 aromatic rings. The van der Waals surface area contributed by atoms with Gasteiger partial charge in [-0.2, -0.15) is 4.98 Å². The Morgan fingerprint density at radius 2 is 2.15 bits per heavy atom. The fourth-order valence-electron chi connectivity index (χ4n) is 2.51. The first-order valence-corrected chi connectivity index (χ1v) is 6.95. The molecule has 2 N–H and O–H groups in total. The number of nitrogens with zero attached hydrogens (tertiary/aromatic N) is 2. The molecule has 2 heterocycles. The number of hydrogen-bond donors (Lipinski definition) is 1. The summed E-state index contributed by atoms with van der Waals surface area (Å²) in [6.07, 6.45) is 2.62. The molecule has 1 fully saturated rings. The molecule has 0 saturated carbocycles. The summed E-state index contributed by atoms with van der Waals surface area (Å²) < 4.78 is 11.0. The van der Waals surface area contributed by atoms with Gasteiger partial charge in [0.05, 0.1) is 6.04 Å². The molecule has 5 heteroatoms. The second kappa shape index (κ2) is 5.34. The Labute approximate surface area is 118 Å². The van der Waals surface area contributed by atoms with Crippen LogP contribution in [0.25, 0.3) is 0 Å². The molecule has 1 aliphatic rings. The smallest absolute Gasteiger partial charge is 0.244 e. The largest absolute Gasteiger partial charge is 0.367 e. The highest BCUT2D eigenvalue weighted by molar-refractivity contribution is 5.17.